The van der Waals surface area contributed by atoms with Gasteiger partial charge in [-0.2, -0.15) is 0 Å². The van der Waals surface area contributed by atoms with Gasteiger partial charge in [0, 0.05) is 12.0 Å². The number of hydrogen-bond donors (Lipinski definition) is 3. The SMILES string of the molecule is CC(C(=N)N)C1CCCN1.Cl. The Kier molecular flexibility index (Phi) is 4.45. The van der Waals surface area contributed by atoms with Crippen LogP contribution in [0.2, 0.25) is 0 Å². The van der Waals surface area contributed by atoms with Gasteiger partial charge in [-0.25, -0.2) is 0 Å². The van der Waals surface area contributed by atoms with Crippen molar-refractivity contribution >= 4 is 18.2 Å². The summed E-state index contributed by atoms with van der Waals surface area (Å²) in [5.41, 5.74) is 5.36. The van der Waals surface area contributed by atoms with Crippen LogP contribution in [0.25, 0.3) is 0 Å². The van der Waals surface area contributed by atoms with Gasteiger partial charge >= 0.3 is 0 Å². The van der Waals surface area contributed by atoms with Crippen molar-refractivity contribution in [3.05, 3.63) is 0 Å². The smallest absolute Gasteiger partial charge is 0.0949 e. The lowest BCUT2D eigenvalue weighted by molar-refractivity contribution is 0.510. The van der Waals surface area contributed by atoms with E-state index in [1.807, 2.05) is 6.92 Å². The average molecular weight is 178 g/mol. The number of hydrogen-bond acceptors (Lipinski definition) is 2. The van der Waals surface area contributed by atoms with E-state index in [9.17, 15) is 0 Å². The standard InChI is InChI=1S/C7H15N3.ClH/c1-5(7(8)9)6-3-2-4-10-6;/h5-6,10H,2-4H2,1H3,(H3,8,9);1H. The van der Waals surface area contributed by atoms with Crippen molar-refractivity contribution in [2.24, 2.45) is 11.7 Å². The monoisotopic (exact) mass is 177 g/mol. The van der Waals surface area contributed by atoms with Crippen LogP contribution in [0, 0.1) is 11.3 Å². The van der Waals surface area contributed by atoms with Gasteiger partial charge < -0.3 is 11.1 Å². The van der Waals surface area contributed by atoms with Crippen LogP contribution >= 0.6 is 12.4 Å². The van der Waals surface area contributed by atoms with E-state index in [1.54, 1.807) is 0 Å². The molecule has 1 saturated heterocycles. The van der Waals surface area contributed by atoms with Crippen molar-refractivity contribution in [1.29, 1.82) is 5.41 Å². The summed E-state index contributed by atoms with van der Waals surface area (Å²) in [6.07, 6.45) is 2.39. The Morgan fingerprint density at radius 2 is 2.36 bits per heavy atom. The highest BCUT2D eigenvalue weighted by atomic mass is 35.5. The van der Waals surface area contributed by atoms with E-state index in [0.717, 1.165) is 6.54 Å². The fraction of sp³-hybridized carbons (Fsp3) is 0.857. The first-order valence-corrected chi connectivity index (χ1v) is 3.79. The Balaban J connectivity index is 0.000001000. The molecule has 0 bridgehead atoms. The van der Waals surface area contributed by atoms with E-state index < -0.39 is 0 Å². The second kappa shape index (κ2) is 4.57. The van der Waals surface area contributed by atoms with Gasteiger partial charge in [-0.15, -0.1) is 12.4 Å². The molecule has 1 aliphatic rings. The minimum atomic E-state index is 0. The fourth-order valence-corrected chi connectivity index (χ4v) is 1.36. The average Bonchev–Trinajstić information content (AvgIpc) is 2.36. The first-order valence-electron chi connectivity index (χ1n) is 3.79. The van der Waals surface area contributed by atoms with Gasteiger partial charge in [-0.3, -0.25) is 5.41 Å². The minimum Gasteiger partial charge on any atom is -0.387 e. The summed E-state index contributed by atoms with van der Waals surface area (Å²) in [6.45, 7) is 3.09. The Bertz CT molecular complexity index is 132. The third-order valence-corrected chi connectivity index (χ3v) is 2.19. The maximum absolute atomic E-state index is 7.20. The quantitative estimate of drug-likeness (QED) is 0.430. The van der Waals surface area contributed by atoms with Crippen LogP contribution in [0.4, 0.5) is 0 Å². The van der Waals surface area contributed by atoms with Gasteiger partial charge in [0.2, 0.25) is 0 Å². The normalized spacial score (nSPS) is 25.7. The highest BCUT2D eigenvalue weighted by Gasteiger charge is 2.22. The lowest BCUT2D eigenvalue weighted by Gasteiger charge is -2.17. The molecule has 0 radical (unpaired) electrons. The topological polar surface area (TPSA) is 61.9 Å². The van der Waals surface area contributed by atoms with E-state index >= 15 is 0 Å². The second-order valence-electron chi connectivity index (χ2n) is 2.95. The first kappa shape index (κ1) is 10.7. The Labute approximate surface area is 73.7 Å². The predicted molar refractivity (Wildman–Crippen MR) is 49.4 cm³/mol. The summed E-state index contributed by atoms with van der Waals surface area (Å²) in [5, 5.41) is 10.5. The Morgan fingerprint density at radius 1 is 1.73 bits per heavy atom. The molecule has 3 nitrogen and oxygen atoms in total. The van der Waals surface area contributed by atoms with Crippen LogP contribution in [0.5, 0.6) is 0 Å². The van der Waals surface area contributed by atoms with Crippen LogP contribution in [0.3, 0.4) is 0 Å². The zero-order valence-electron chi connectivity index (χ0n) is 6.76. The molecule has 0 saturated carbocycles. The van der Waals surface area contributed by atoms with Crippen molar-refractivity contribution in [3.8, 4) is 0 Å². The van der Waals surface area contributed by atoms with E-state index in [1.165, 1.54) is 12.8 Å². The van der Waals surface area contributed by atoms with Gasteiger partial charge in [-0.05, 0) is 19.4 Å². The van der Waals surface area contributed by atoms with E-state index in [2.05, 4.69) is 5.32 Å². The molecule has 2 atom stereocenters. The summed E-state index contributed by atoms with van der Waals surface area (Å²) in [7, 11) is 0. The molecule has 1 fully saturated rings. The third-order valence-electron chi connectivity index (χ3n) is 2.19. The van der Waals surface area contributed by atoms with Gasteiger partial charge in [0.25, 0.3) is 0 Å². The Hall–Kier alpha value is -0.280. The first-order chi connectivity index (χ1) is 4.72. The van der Waals surface area contributed by atoms with Crippen molar-refractivity contribution in [2.45, 2.75) is 25.8 Å². The molecular weight excluding hydrogens is 162 g/mol. The summed E-state index contributed by atoms with van der Waals surface area (Å²) in [5.74, 6) is 0.516. The number of halogens is 1. The summed E-state index contributed by atoms with van der Waals surface area (Å²) < 4.78 is 0. The molecule has 1 aliphatic heterocycles. The summed E-state index contributed by atoms with van der Waals surface area (Å²) in [6, 6.07) is 0.456. The van der Waals surface area contributed by atoms with E-state index in [-0.39, 0.29) is 18.3 Å². The van der Waals surface area contributed by atoms with Gasteiger partial charge in [-0.1, -0.05) is 6.92 Å². The number of nitrogens with one attached hydrogen (secondary N) is 2. The van der Waals surface area contributed by atoms with Crippen LogP contribution in [-0.2, 0) is 0 Å². The third kappa shape index (κ3) is 2.67. The molecule has 4 N–H and O–H groups in total. The fourth-order valence-electron chi connectivity index (χ4n) is 1.36. The molecule has 1 rings (SSSR count). The molecule has 0 amide bonds. The molecule has 4 heteroatoms. The lowest BCUT2D eigenvalue weighted by atomic mass is 10.00. The molecule has 0 aliphatic carbocycles. The van der Waals surface area contributed by atoms with E-state index in [0.29, 0.717) is 11.9 Å². The predicted octanol–water partition coefficient (Wildman–Crippen LogP) is 0.732. The molecule has 66 valence electrons. The van der Waals surface area contributed by atoms with Crippen LogP contribution in [-0.4, -0.2) is 18.4 Å². The molecule has 0 spiro atoms. The van der Waals surface area contributed by atoms with Crippen LogP contribution < -0.4 is 11.1 Å². The zero-order chi connectivity index (χ0) is 7.56. The molecule has 2 unspecified atom stereocenters. The molecule has 0 aromatic carbocycles. The van der Waals surface area contributed by atoms with Crippen LogP contribution in [0.1, 0.15) is 19.8 Å². The second-order valence-corrected chi connectivity index (χ2v) is 2.95. The number of rotatable bonds is 2. The summed E-state index contributed by atoms with van der Waals surface area (Å²) in [4.78, 5) is 0. The van der Waals surface area contributed by atoms with E-state index in [4.69, 9.17) is 11.1 Å². The highest BCUT2D eigenvalue weighted by molar-refractivity contribution is 5.85. The molecule has 0 aromatic rings. The molecule has 0 aromatic heterocycles. The minimum absolute atomic E-state index is 0. The highest BCUT2D eigenvalue weighted by Crippen LogP contribution is 2.13. The maximum Gasteiger partial charge on any atom is 0.0949 e. The molecular formula is C7H16ClN3. The molecule has 11 heavy (non-hydrogen) atoms. The largest absolute Gasteiger partial charge is 0.387 e. The number of nitrogens with two attached hydrogens (primary N) is 1. The van der Waals surface area contributed by atoms with Gasteiger partial charge in [0.1, 0.15) is 0 Å². The Morgan fingerprint density at radius 3 is 2.73 bits per heavy atom. The summed E-state index contributed by atoms with van der Waals surface area (Å²) >= 11 is 0. The van der Waals surface area contributed by atoms with Crippen molar-refractivity contribution in [1.82, 2.24) is 5.32 Å². The van der Waals surface area contributed by atoms with Crippen molar-refractivity contribution < 1.29 is 0 Å². The maximum atomic E-state index is 7.20. The van der Waals surface area contributed by atoms with Crippen LogP contribution in [0.15, 0.2) is 0 Å². The zero-order valence-corrected chi connectivity index (χ0v) is 7.58. The molecule has 1 heterocycles. The number of amidine groups is 1. The lowest BCUT2D eigenvalue weighted by Crippen LogP contribution is -2.36. The van der Waals surface area contributed by atoms with Crippen molar-refractivity contribution in [2.75, 3.05) is 6.54 Å². The van der Waals surface area contributed by atoms with Crippen molar-refractivity contribution in [3.63, 3.8) is 0 Å². The van der Waals surface area contributed by atoms with Gasteiger partial charge in [0.15, 0.2) is 0 Å². The van der Waals surface area contributed by atoms with Gasteiger partial charge in [0.05, 0.1) is 5.84 Å².